The molecule has 0 N–H and O–H groups in total. The fourth-order valence-electron chi connectivity index (χ4n) is 12.1. The summed E-state index contributed by atoms with van der Waals surface area (Å²) in [6.45, 7) is 0. The van der Waals surface area contributed by atoms with Crippen LogP contribution in [0.3, 0.4) is 0 Å². The predicted octanol–water partition coefficient (Wildman–Crippen LogP) is 12.6. The van der Waals surface area contributed by atoms with E-state index in [-0.39, 0.29) is 11.2 Å². The molecule has 13 rings (SSSR count). The highest BCUT2D eigenvalue weighted by Crippen LogP contribution is 2.70. The van der Waals surface area contributed by atoms with Crippen LogP contribution in [0.1, 0.15) is 43.2 Å². The van der Waals surface area contributed by atoms with Crippen LogP contribution >= 0.6 is 0 Å². The average Bonchev–Trinajstić information content (AvgIpc) is 3.62. The third kappa shape index (κ3) is 3.42. The van der Waals surface area contributed by atoms with Crippen molar-refractivity contribution < 1.29 is 4.39 Å². The van der Waals surface area contributed by atoms with E-state index in [9.17, 15) is 4.39 Å². The summed E-state index contributed by atoms with van der Waals surface area (Å²) < 4.78 is 17.1. The summed E-state index contributed by atoms with van der Waals surface area (Å²) in [4.78, 5) is 0. The van der Waals surface area contributed by atoms with Crippen molar-refractivity contribution in [2.24, 2.45) is 23.7 Å². The Morgan fingerprint density at radius 3 is 2.02 bits per heavy atom. The van der Waals surface area contributed by atoms with Crippen molar-refractivity contribution in [3.05, 3.63) is 150 Å². The zero-order valence-corrected chi connectivity index (χ0v) is 27.9. The molecular formula is C48H36FN. The molecule has 7 aromatic carbocycles. The van der Waals surface area contributed by atoms with Crippen LogP contribution in [0.5, 0.6) is 0 Å². The molecule has 240 valence electrons. The van der Waals surface area contributed by atoms with E-state index in [2.05, 4.69) is 114 Å². The van der Waals surface area contributed by atoms with Crippen LogP contribution in [-0.2, 0) is 5.41 Å². The van der Waals surface area contributed by atoms with Crippen LogP contribution in [0, 0.1) is 29.5 Å². The molecule has 1 heterocycles. The predicted molar refractivity (Wildman–Crippen MR) is 204 cm³/mol. The summed E-state index contributed by atoms with van der Waals surface area (Å²) in [6.07, 6.45) is 6.91. The van der Waals surface area contributed by atoms with E-state index in [0.29, 0.717) is 11.8 Å². The van der Waals surface area contributed by atoms with Gasteiger partial charge in [0.05, 0.1) is 16.7 Å². The standard InChI is InChI=1S/C48H36FN/c49-35-11-7-10-32(25-35)36-16-18-43(39-14-4-3-12-37(36)39)50-44-19-17-40-38-13-5-6-15-42(38)48(33-21-28-20-29(23-33)24-34(48)22-28)47(40)46(44)41-26-30-8-1-2-9-31(30)27-45(41)50/h1-19,25-29,33-34H,20-24H2. The van der Waals surface area contributed by atoms with E-state index in [1.165, 1.54) is 92.9 Å². The SMILES string of the molecule is Fc1cccc(-c2ccc(-n3c4cc5ccccc5cc4c4c5c(ccc43)-c3ccccc3C53C4CC5CC(C4)CC3C5)c3ccccc23)c1. The first-order valence-corrected chi connectivity index (χ1v) is 18.5. The molecule has 0 atom stereocenters. The molecule has 0 amide bonds. The summed E-state index contributed by atoms with van der Waals surface area (Å²) in [7, 11) is 0. The number of halogens is 1. The summed E-state index contributed by atoms with van der Waals surface area (Å²) in [5.74, 6) is 2.96. The Morgan fingerprint density at radius 1 is 0.520 bits per heavy atom. The number of benzene rings is 7. The van der Waals surface area contributed by atoms with Gasteiger partial charge < -0.3 is 4.57 Å². The molecule has 0 aliphatic heterocycles. The Kier molecular flexibility index (Phi) is 5.37. The van der Waals surface area contributed by atoms with Gasteiger partial charge >= 0.3 is 0 Å². The van der Waals surface area contributed by atoms with Gasteiger partial charge in [0.25, 0.3) is 0 Å². The van der Waals surface area contributed by atoms with Gasteiger partial charge in [0.2, 0.25) is 0 Å². The van der Waals surface area contributed by atoms with Crippen molar-refractivity contribution in [2.75, 3.05) is 0 Å². The molecule has 5 aliphatic rings. The second kappa shape index (κ2) is 9.73. The quantitative estimate of drug-likeness (QED) is 0.176. The number of rotatable bonds is 2. The molecule has 50 heavy (non-hydrogen) atoms. The molecule has 1 aromatic heterocycles. The monoisotopic (exact) mass is 645 g/mol. The lowest BCUT2D eigenvalue weighted by atomic mass is 9.43. The topological polar surface area (TPSA) is 4.93 Å². The van der Waals surface area contributed by atoms with Gasteiger partial charge in [-0.05, 0) is 142 Å². The van der Waals surface area contributed by atoms with E-state index in [0.717, 1.165) is 28.3 Å². The fraction of sp³-hybridized carbons (Fsp3) is 0.208. The first kappa shape index (κ1) is 27.6. The minimum Gasteiger partial charge on any atom is -0.309 e. The zero-order valence-electron chi connectivity index (χ0n) is 27.9. The van der Waals surface area contributed by atoms with E-state index >= 15 is 0 Å². The fourth-order valence-corrected chi connectivity index (χ4v) is 12.1. The average molecular weight is 646 g/mol. The Morgan fingerprint density at radius 2 is 1.22 bits per heavy atom. The van der Waals surface area contributed by atoms with E-state index < -0.39 is 0 Å². The molecular weight excluding hydrogens is 610 g/mol. The van der Waals surface area contributed by atoms with Gasteiger partial charge in [-0.3, -0.25) is 0 Å². The minimum absolute atomic E-state index is 0.0624. The van der Waals surface area contributed by atoms with Crippen LogP contribution in [0.2, 0.25) is 0 Å². The molecule has 0 saturated heterocycles. The summed E-state index contributed by atoms with van der Waals surface area (Å²) in [5.41, 5.74) is 11.9. The maximum absolute atomic E-state index is 14.5. The number of hydrogen-bond acceptors (Lipinski definition) is 0. The van der Waals surface area contributed by atoms with Crippen molar-refractivity contribution in [3.63, 3.8) is 0 Å². The molecule has 4 fully saturated rings. The molecule has 5 aliphatic carbocycles. The molecule has 1 nitrogen and oxygen atoms in total. The summed E-state index contributed by atoms with van der Waals surface area (Å²) in [5, 5.41) is 7.67. The van der Waals surface area contributed by atoms with E-state index in [1.54, 1.807) is 17.2 Å². The summed E-state index contributed by atoms with van der Waals surface area (Å²) in [6, 6.07) is 48.3. The number of nitrogens with zero attached hydrogens (tertiary/aromatic N) is 1. The largest absolute Gasteiger partial charge is 0.309 e. The van der Waals surface area contributed by atoms with Crippen molar-refractivity contribution in [1.82, 2.24) is 4.57 Å². The zero-order chi connectivity index (χ0) is 32.7. The molecule has 0 unspecified atom stereocenters. The highest BCUT2D eigenvalue weighted by Gasteiger charge is 2.62. The van der Waals surface area contributed by atoms with Crippen LogP contribution in [0.25, 0.3) is 71.3 Å². The lowest BCUT2D eigenvalue weighted by Crippen LogP contribution is -2.55. The Labute approximate surface area is 291 Å². The Balaban J connectivity index is 1.23. The van der Waals surface area contributed by atoms with E-state index in [4.69, 9.17) is 0 Å². The van der Waals surface area contributed by atoms with Gasteiger partial charge in [-0.15, -0.1) is 0 Å². The van der Waals surface area contributed by atoms with Gasteiger partial charge in [-0.1, -0.05) is 97.1 Å². The second-order valence-corrected chi connectivity index (χ2v) is 15.8. The van der Waals surface area contributed by atoms with Crippen LogP contribution in [0.4, 0.5) is 4.39 Å². The minimum atomic E-state index is -0.210. The van der Waals surface area contributed by atoms with Crippen LogP contribution in [0.15, 0.2) is 133 Å². The van der Waals surface area contributed by atoms with Gasteiger partial charge in [0, 0.05) is 21.6 Å². The van der Waals surface area contributed by atoms with Crippen molar-refractivity contribution >= 4 is 43.4 Å². The Hall–Kier alpha value is -5.21. The highest BCUT2D eigenvalue weighted by atomic mass is 19.1. The molecule has 8 aromatic rings. The number of hydrogen-bond donors (Lipinski definition) is 0. The van der Waals surface area contributed by atoms with Crippen molar-refractivity contribution in [2.45, 2.75) is 37.5 Å². The first-order valence-electron chi connectivity index (χ1n) is 18.5. The normalized spacial score (nSPS) is 24.6. The van der Waals surface area contributed by atoms with Gasteiger partial charge in [-0.2, -0.15) is 0 Å². The molecule has 4 saturated carbocycles. The van der Waals surface area contributed by atoms with E-state index in [1.807, 2.05) is 12.1 Å². The van der Waals surface area contributed by atoms with Crippen molar-refractivity contribution in [1.29, 1.82) is 0 Å². The molecule has 2 heteroatoms. The number of aromatic nitrogens is 1. The molecule has 0 radical (unpaired) electrons. The molecule has 4 bridgehead atoms. The Bertz CT molecular complexity index is 2720. The van der Waals surface area contributed by atoms with Crippen LogP contribution < -0.4 is 0 Å². The first-order chi connectivity index (χ1) is 24.7. The molecule has 1 spiro atoms. The highest BCUT2D eigenvalue weighted by molar-refractivity contribution is 6.18. The lowest BCUT2D eigenvalue weighted by Gasteiger charge is -2.61. The summed E-state index contributed by atoms with van der Waals surface area (Å²) >= 11 is 0. The third-order valence-corrected chi connectivity index (χ3v) is 13.6. The second-order valence-electron chi connectivity index (χ2n) is 15.8. The lowest BCUT2D eigenvalue weighted by molar-refractivity contribution is -0.0393. The van der Waals surface area contributed by atoms with Crippen LogP contribution in [-0.4, -0.2) is 4.57 Å². The van der Waals surface area contributed by atoms with Gasteiger partial charge in [0.1, 0.15) is 5.82 Å². The third-order valence-electron chi connectivity index (χ3n) is 13.6. The van der Waals surface area contributed by atoms with Crippen molar-refractivity contribution in [3.8, 4) is 27.9 Å². The van der Waals surface area contributed by atoms with Gasteiger partial charge in [-0.25, -0.2) is 4.39 Å². The smallest absolute Gasteiger partial charge is 0.123 e. The number of fused-ring (bicyclic) bond motifs is 9. The maximum Gasteiger partial charge on any atom is 0.123 e. The maximum atomic E-state index is 14.5. The van der Waals surface area contributed by atoms with Gasteiger partial charge in [0.15, 0.2) is 0 Å².